The Labute approximate surface area is 112 Å². The molecule has 1 aliphatic heterocycles. The van der Waals surface area contributed by atoms with E-state index in [0.29, 0.717) is 23.7 Å². The number of nitrogens with zero attached hydrogens (tertiary/aromatic N) is 1. The van der Waals surface area contributed by atoms with E-state index in [-0.39, 0.29) is 23.4 Å². The van der Waals surface area contributed by atoms with Crippen molar-refractivity contribution in [3.05, 3.63) is 29.0 Å². The van der Waals surface area contributed by atoms with Gasteiger partial charge in [-0.25, -0.2) is 13.4 Å². The predicted octanol–water partition coefficient (Wildman–Crippen LogP) is 1.43. The first-order chi connectivity index (χ1) is 7.58. The van der Waals surface area contributed by atoms with Crippen LogP contribution in [0.15, 0.2) is 18.3 Å². The van der Waals surface area contributed by atoms with Crippen LogP contribution in [0.5, 0.6) is 0 Å². The molecule has 2 heterocycles. The zero-order chi connectivity index (χ0) is 11.6. The van der Waals surface area contributed by atoms with Crippen LogP contribution in [0, 0.1) is 0 Å². The van der Waals surface area contributed by atoms with Crippen molar-refractivity contribution in [1.29, 1.82) is 0 Å². The normalized spacial score (nSPS) is 19.9. The van der Waals surface area contributed by atoms with E-state index < -0.39 is 9.84 Å². The first-order valence-electron chi connectivity index (χ1n) is 5.11. The number of aromatic nitrogens is 1. The fraction of sp³-hybridized carbons (Fsp3) is 0.500. The molecule has 0 amide bonds. The van der Waals surface area contributed by atoms with Gasteiger partial charge in [-0.05, 0) is 24.6 Å². The highest BCUT2D eigenvalue weighted by molar-refractivity contribution is 7.91. The summed E-state index contributed by atoms with van der Waals surface area (Å²) < 4.78 is 24.0. The highest BCUT2D eigenvalue weighted by atomic mass is 35.5. The van der Waals surface area contributed by atoms with E-state index in [1.807, 2.05) is 0 Å². The molecule has 0 spiro atoms. The molecule has 1 aliphatic rings. The van der Waals surface area contributed by atoms with Crippen molar-refractivity contribution < 1.29 is 8.42 Å². The van der Waals surface area contributed by atoms with Gasteiger partial charge in [0.15, 0.2) is 9.84 Å². The first kappa shape index (κ1) is 14.7. The van der Waals surface area contributed by atoms with E-state index in [0.717, 1.165) is 6.54 Å². The smallest absolute Gasteiger partial charge is 0.158 e. The van der Waals surface area contributed by atoms with Gasteiger partial charge in [0.05, 0.1) is 11.0 Å². The second kappa shape index (κ2) is 6.00. The summed E-state index contributed by atoms with van der Waals surface area (Å²) in [4.78, 5) is 3.88. The Morgan fingerprint density at radius 1 is 1.47 bits per heavy atom. The molecule has 4 nitrogen and oxygen atoms in total. The van der Waals surface area contributed by atoms with Gasteiger partial charge in [0.25, 0.3) is 0 Å². The number of hydrogen-bond acceptors (Lipinski definition) is 4. The van der Waals surface area contributed by atoms with Crippen molar-refractivity contribution in [2.45, 2.75) is 17.4 Å². The number of pyridine rings is 1. The molecule has 1 atom stereocenters. The van der Waals surface area contributed by atoms with Crippen molar-refractivity contribution in [3.8, 4) is 0 Å². The minimum absolute atomic E-state index is 0. The van der Waals surface area contributed by atoms with Crippen LogP contribution < -0.4 is 5.32 Å². The predicted molar refractivity (Wildman–Crippen MR) is 70.4 cm³/mol. The Morgan fingerprint density at radius 3 is 2.76 bits per heavy atom. The molecule has 96 valence electrons. The lowest BCUT2D eigenvalue weighted by Gasteiger charge is -2.09. The van der Waals surface area contributed by atoms with Crippen LogP contribution in [-0.2, 0) is 15.6 Å². The van der Waals surface area contributed by atoms with Gasteiger partial charge in [-0.1, -0.05) is 17.7 Å². The SMILES string of the molecule is Cl.O=S(=O)(Cc1ccc(Cl)nc1)[C@@H]1CCNC1. The zero-order valence-corrected chi connectivity index (χ0v) is 11.5. The van der Waals surface area contributed by atoms with E-state index in [1.165, 1.54) is 6.20 Å². The second-order valence-corrected chi connectivity index (χ2v) is 6.58. The fourth-order valence-corrected chi connectivity index (χ4v) is 3.61. The van der Waals surface area contributed by atoms with Gasteiger partial charge in [-0.15, -0.1) is 12.4 Å². The van der Waals surface area contributed by atoms with Gasteiger partial charge in [0.2, 0.25) is 0 Å². The first-order valence-corrected chi connectivity index (χ1v) is 7.20. The molecule has 0 saturated carbocycles. The van der Waals surface area contributed by atoms with E-state index in [4.69, 9.17) is 11.6 Å². The molecule has 1 saturated heterocycles. The molecule has 1 N–H and O–H groups in total. The summed E-state index contributed by atoms with van der Waals surface area (Å²) in [5, 5.41) is 3.17. The molecule has 0 aliphatic carbocycles. The molecule has 0 bridgehead atoms. The summed E-state index contributed by atoms with van der Waals surface area (Å²) in [5.41, 5.74) is 0.691. The maximum atomic E-state index is 12.0. The van der Waals surface area contributed by atoms with Crippen LogP contribution in [0.3, 0.4) is 0 Å². The lowest BCUT2D eigenvalue weighted by atomic mass is 10.3. The van der Waals surface area contributed by atoms with Crippen molar-refractivity contribution in [2.24, 2.45) is 0 Å². The molecule has 0 unspecified atom stereocenters. The minimum atomic E-state index is -3.07. The Balaban J connectivity index is 0.00000144. The lowest BCUT2D eigenvalue weighted by Crippen LogP contribution is -2.25. The summed E-state index contributed by atoms with van der Waals surface area (Å²) in [6, 6.07) is 3.31. The van der Waals surface area contributed by atoms with Crippen LogP contribution in [0.25, 0.3) is 0 Å². The Kier molecular flexibility index (Phi) is 5.19. The molecule has 0 radical (unpaired) electrons. The summed E-state index contributed by atoms with van der Waals surface area (Å²) >= 11 is 5.64. The van der Waals surface area contributed by atoms with E-state index in [9.17, 15) is 8.42 Å². The number of nitrogens with one attached hydrogen (secondary N) is 1. The third-order valence-corrected chi connectivity index (χ3v) is 5.06. The molecule has 1 fully saturated rings. The maximum Gasteiger partial charge on any atom is 0.158 e. The topological polar surface area (TPSA) is 59.1 Å². The van der Waals surface area contributed by atoms with Crippen LogP contribution in [0.4, 0.5) is 0 Å². The molecular formula is C10H14Cl2N2O2S. The number of sulfone groups is 1. The third-order valence-electron chi connectivity index (χ3n) is 2.68. The summed E-state index contributed by atoms with van der Waals surface area (Å²) in [6.45, 7) is 1.34. The summed E-state index contributed by atoms with van der Waals surface area (Å²) in [6.07, 6.45) is 2.21. The fourth-order valence-electron chi connectivity index (χ4n) is 1.78. The van der Waals surface area contributed by atoms with E-state index >= 15 is 0 Å². The standard InChI is InChI=1S/C10H13ClN2O2S.ClH/c11-10-2-1-8(5-13-10)7-16(14,15)9-3-4-12-6-9;/h1-2,5,9,12H,3-4,6-7H2;1H/t9-;/m1./s1. The molecular weight excluding hydrogens is 283 g/mol. The number of hydrogen-bond donors (Lipinski definition) is 1. The van der Waals surface area contributed by atoms with Gasteiger partial charge in [-0.2, -0.15) is 0 Å². The molecule has 17 heavy (non-hydrogen) atoms. The van der Waals surface area contributed by atoms with Gasteiger partial charge >= 0.3 is 0 Å². The third kappa shape index (κ3) is 3.81. The summed E-state index contributed by atoms with van der Waals surface area (Å²) in [7, 11) is -3.07. The second-order valence-electron chi connectivity index (χ2n) is 3.91. The highest BCUT2D eigenvalue weighted by Gasteiger charge is 2.28. The maximum absolute atomic E-state index is 12.0. The number of halogens is 2. The molecule has 2 rings (SSSR count). The Morgan fingerprint density at radius 2 is 2.24 bits per heavy atom. The van der Waals surface area contributed by atoms with Gasteiger partial charge in [0.1, 0.15) is 5.15 Å². The highest BCUT2D eigenvalue weighted by Crippen LogP contribution is 2.16. The monoisotopic (exact) mass is 296 g/mol. The Bertz CT molecular complexity index is 456. The van der Waals surface area contributed by atoms with Crippen LogP contribution >= 0.6 is 24.0 Å². The van der Waals surface area contributed by atoms with Gasteiger partial charge < -0.3 is 5.32 Å². The van der Waals surface area contributed by atoms with Gasteiger partial charge in [0, 0.05) is 12.7 Å². The molecule has 1 aromatic heterocycles. The van der Waals surface area contributed by atoms with Crippen molar-refractivity contribution >= 4 is 33.8 Å². The average molecular weight is 297 g/mol. The van der Waals surface area contributed by atoms with Crippen molar-refractivity contribution in [3.63, 3.8) is 0 Å². The Hall–Kier alpha value is -0.360. The van der Waals surface area contributed by atoms with Crippen molar-refractivity contribution in [1.82, 2.24) is 10.3 Å². The summed E-state index contributed by atoms with van der Waals surface area (Å²) in [5.74, 6) is 0.0452. The van der Waals surface area contributed by atoms with E-state index in [2.05, 4.69) is 10.3 Å². The average Bonchev–Trinajstić information content (AvgIpc) is 2.75. The van der Waals surface area contributed by atoms with E-state index in [1.54, 1.807) is 12.1 Å². The minimum Gasteiger partial charge on any atom is -0.315 e. The van der Waals surface area contributed by atoms with Crippen LogP contribution in [0.2, 0.25) is 5.15 Å². The lowest BCUT2D eigenvalue weighted by molar-refractivity contribution is 0.582. The zero-order valence-electron chi connectivity index (χ0n) is 9.10. The van der Waals surface area contributed by atoms with Crippen molar-refractivity contribution in [2.75, 3.05) is 13.1 Å². The van der Waals surface area contributed by atoms with Crippen LogP contribution in [0.1, 0.15) is 12.0 Å². The van der Waals surface area contributed by atoms with Gasteiger partial charge in [-0.3, -0.25) is 0 Å². The number of rotatable bonds is 3. The molecule has 1 aromatic rings. The largest absolute Gasteiger partial charge is 0.315 e. The molecule has 0 aromatic carbocycles. The quantitative estimate of drug-likeness (QED) is 0.858. The van der Waals surface area contributed by atoms with Crippen LogP contribution in [-0.4, -0.2) is 31.7 Å². The molecule has 7 heteroatoms.